The van der Waals surface area contributed by atoms with Gasteiger partial charge < -0.3 is 14.9 Å². The molecular formula is C15H9ClO4. The minimum Gasteiger partial charge on any atom is -0.504 e. The number of fused-ring (bicyclic) bond motifs is 1. The summed E-state index contributed by atoms with van der Waals surface area (Å²) in [5, 5.41) is 19.6. The van der Waals surface area contributed by atoms with Crippen LogP contribution < -0.4 is 4.74 Å². The molecule has 0 radical (unpaired) electrons. The maximum Gasteiger partial charge on any atom is 0.232 e. The number of phenolic OH excluding ortho intramolecular Hbond substituents is 2. The molecule has 0 unspecified atom stereocenters. The Balaban J connectivity index is 2.04. The number of rotatable bonds is 1. The summed E-state index contributed by atoms with van der Waals surface area (Å²) in [7, 11) is 0. The minimum absolute atomic E-state index is 0.0247. The lowest BCUT2D eigenvalue weighted by atomic mass is 10.1. The fourth-order valence-electron chi connectivity index (χ4n) is 1.97. The molecule has 1 aliphatic heterocycles. The monoisotopic (exact) mass is 288 g/mol. The number of carbonyl (C=O) groups excluding carboxylic acids is 1. The van der Waals surface area contributed by atoms with Crippen molar-refractivity contribution < 1.29 is 19.7 Å². The summed E-state index contributed by atoms with van der Waals surface area (Å²) in [4.78, 5) is 12.1. The number of allylic oxidation sites excluding steroid dienone is 1. The molecule has 0 bridgehead atoms. The average molecular weight is 289 g/mol. The summed E-state index contributed by atoms with van der Waals surface area (Å²) in [5.41, 5.74) is 0.922. The van der Waals surface area contributed by atoms with Gasteiger partial charge in [-0.1, -0.05) is 23.7 Å². The van der Waals surface area contributed by atoms with E-state index in [0.717, 1.165) is 0 Å². The van der Waals surface area contributed by atoms with Gasteiger partial charge in [0.15, 0.2) is 17.3 Å². The van der Waals surface area contributed by atoms with E-state index in [4.69, 9.17) is 16.3 Å². The van der Waals surface area contributed by atoms with Crippen LogP contribution in [-0.4, -0.2) is 16.0 Å². The van der Waals surface area contributed by atoms with Crippen molar-refractivity contribution in [2.24, 2.45) is 0 Å². The Morgan fingerprint density at radius 1 is 1.15 bits per heavy atom. The van der Waals surface area contributed by atoms with Gasteiger partial charge in [0.05, 0.1) is 5.56 Å². The molecule has 2 aromatic rings. The molecule has 4 nitrogen and oxygen atoms in total. The topological polar surface area (TPSA) is 66.8 Å². The van der Waals surface area contributed by atoms with Gasteiger partial charge >= 0.3 is 0 Å². The predicted molar refractivity (Wildman–Crippen MR) is 74.2 cm³/mol. The highest BCUT2D eigenvalue weighted by Crippen LogP contribution is 2.44. The predicted octanol–water partition coefficient (Wildman–Crippen LogP) is 3.37. The molecule has 0 atom stereocenters. The molecule has 20 heavy (non-hydrogen) atoms. The van der Waals surface area contributed by atoms with Gasteiger partial charge in [-0.05, 0) is 35.9 Å². The molecule has 0 saturated heterocycles. The van der Waals surface area contributed by atoms with Crippen molar-refractivity contribution in [2.75, 3.05) is 0 Å². The van der Waals surface area contributed by atoms with Crippen molar-refractivity contribution in [1.29, 1.82) is 0 Å². The molecule has 100 valence electrons. The van der Waals surface area contributed by atoms with Crippen molar-refractivity contribution in [1.82, 2.24) is 0 Å². The van der Waals surface area contributed by atoms with E-state index in [1.54, 1.807) is 24.3 Å². The van der Waals surface area contributed by atoms with Crippen LogP contribution in [0.25, 0.3) is 6.08 Å². The third-order valence-corrected chi connectivity index (χ3v) is 3.17. The number of benzene rings is 2. The SMILES string of the molecule is O=C1C(=Cc2cccc(Cl)c2)Oc2c1ccc(O)c2O. The quantitative estimate of drug-likeness (QED) is 0.624. The number of ketones is 1. The Morgan fingerprint density at radius 3 is 2.70 bits per heavy atom. The lowest BCUT2D eigenvalue weighted by Crippen LogP contribution is -1.97. The molecule has 0 spiro atoms. The first kappa shape index (κ1) is 12.6. The number of phenols is 2. The third-order valence-electron chi connectivity index (χ3n) is 2.94. The zero-order valence-electron chi connectivity index (χ0n) is 10.1. The number of carbonyl (C=O) groups is 1. The summed E-state index contributed by atoms with van der Waals surface area (Å²) >= 11 is 5.87. The van der Waals surface area contributed by atoms with Gasteiger partial charge in [-0.15, -0.1) is 0 Å². The van der Waals surface area contributed by atoms with Crippen LogP contribution in [0.5, 0.6) is 17.2 Å². The maximum absolute atomic E-state index is 12.1. The van der Waals surface area contributed by atoms with Crippen molar-refractivity contribution in [3.63, 3.8) is 0 Å². The normalized spacial score (nSPS) is 15.2. The van der Waals surface area contributed by atoms with E-state index in [-0.39, 0.29) is 28.6 Å². The Morgan fingerprint density at radius 2 is 1.95 bits per heavy atom. The maximum atomic E-state index is 12.1. The second-order valence-electron chi connectivity index (χ2n) is 4.30. The molecule has 1 aliphatic rings. The zero-order valence-corrected chi connectivity index (χ0v) is 10.9. The summed E-state index contributed by atoms with van der Waals surface area (Å²) in [6.45, 7) is 0. The second kappa shape index (κ2) is 4.58. The van der Waals surface area contributed by atoms with Gasteiger partial charge in [-0.25, -0.2) is 0 Å². The van der Waals surface area contributed by atoms with Crippen LogP contribution in [0.1, 0.15) is 15.9 Å². The smallest absolute Gasteiger partial charge is 0.232 e. The Hall–Kier alpha value is -2.46. The molecule has 2 N–H and O–H groups in total. The largest absolute Gasteiger partial charge is 0.504 e. The van der Waals surface area contributed by atoms with Gasteiger partial charge in [0.25, 0.3) is 0 Å². The number of aromatic hydroxyl groups is 2. The number of ether oxygens (including phenoxy) is 1. The molecule has 0 saturated carbocycles. The molecule has 0 amide bonds. The fourth-order valence-corrected chi connectivity index (χ4v) is 2.17. The van der Waals surface area contributed by atoms with Crippen LogP contribution in [0.3, 0.4) is 0 Å². The Kier molecular flexibility index (Phi) is 2.88. The fraction of sp³-hybridized carbons (Fsp3) is 0. The van der Waals surface area contributed by atoms with Gasteiger partial charge in [-0.2, -0.15) is 0 Å². The molecule has 3 rings (SSSR count). The van der Waals surface area contributed by atoms with Crippen molar-refractivity contribution in [3.8, 4) is 17.2 Å². The van der Waals surface area contributed by atoms with E-state index >= 15 is 0 Å². The highest BCUT2D eigenvalue weighted by molar-refractivity contribution is 6.30. The number of halogens is 1. The lowest BCUT2D eigenvalue weighted by molar-refractivity contribution is 0.101. The first-order valence-corrected chi connectivity index (χ1v) is 6.19. The Labute approximate surface area is 119 Å². The Bertz CT molecular complexity index is 750. The van der Waals surface area contributed by atoms with Crippen LogP contribution in [-0.2, 0) is 0 Å². The molecule has 0 aromatic heterocycles. The van der Waals surface area contributed by atoms with E-state index in [9.17, 15) is 15.0 Å². The van der Waals surface area contributed by atoms with E-state index < -0.39 is 5.75 Å². The van der Waals surface area contributed by atoms with Crippen molar-refractivity contribution in [3.05, 3.63) is 58.3 Å². The van der Waals surface area contributed by atoms with Crippen LogP contribution in [0.2, 0.25) is 5.02 Å². The van der Waals surface area contributed by atoms with E-state index in [0.29, 0.717) is 10.6 Å². The van der Waals surface area contributed by atoms with Gasteiger partial charge in [0.2, 0.25) is 11.5 Å². The molecule has 1 heterocycles. The lowest BCUT2D eigenvalue weighted by Gasteiger charge is -2.02. The van der Waals surface area contributed by atoms with Gasteiger partial charge in [0.1, 0.15) is 0 Å². The van der Waals surface area contributed by atoms with E-state index in [1.807, 2.05) is 0 Å². The molecule has 0 fully saturated rings. The van der Waals surface area contributed by atoms with Crippen LogP contribution >= 0.6 is 11.6 Å². The summed E-state index contributed by atoms with van der Waals surface area (Å²) in [6.07, 6.45) is 1.53. The van der Waals surface area contributed by atoms with Gasteiger partial charge in [-0.3, -0.25) is 4.79 Å². The second-order valence-corrected chi connectivity index (χ2v) is 4.74. The summed E-state index contributed by atoms with van der Waals surface area (Å²) < 4.78 is 5.33. The number of Topliss-reactive ketones (excluding diaryl/α,β-unsaturated/α-hetero) is 1. The van der Waals surface area contributed by atoms with Gasteiger partial charge in [0, 0.05) is 5.02 Å². The van der Waals surface area contributed by atoms with Crippen LogP contribution in [0.4, 0.5) is 0 Å². The highest BCUT2D eigenvalue weighted by atomic mass is 35.5. The van der Waals surface area contributed by atoms with E-state index in [1.165, 1.54) is 18.2 Å². The van der Waals surface area contributed by atoms with Crippen molar-refractivity contribution >= 4 is 23.5 Å². The summed E-state index contributed by atoms with van der Waals surface area (Å²) in [6, 6.07) is 9.59. The third kappa shape index (κ3) is 2.00. The standard InChI is InChI=1S/C15H9ClO4/c16-9-3-1-2-8(6-9)7-12-13(18)10-4-5-11(17)14(19)15(10)20-12/h1-7,17,19H. The first-order valence-electron chi connectivity index (χ1n) is 5.81. The number of hydrogen-bond donors (Lipinski definition) is 2. The number of hydrogen-bond acceptors (Lipinski definition) is 4. The first-order chi connectivity index (χ1) is 9.56. The summed E-state index contributed by atoms with van der Waals surface area (Å²) in [5.74, 6) is -1.08. The molecular weight excluding hydrogens is 280 g/mol. The van der Waals surface area contributed by atoms with E-state index in [2.05, 4.69) is 0 Å². The molecule has 0 aliphatic carbocycles. The van der Waals surface area contributed by atoms with Crippen LogP contribution in [0.15, 0.2) is 42.2 Å². The van der Waals surface area contributed by atoms with Crippen LogP contribution in [0, 0.1) is 0 Å². The van der Waals surface area contributed by atoms with Crippen molar-refractivity contribution in [2.45, 2.75) is 0 Å². The average Bonchev–Trinajstić information content (AvgIpc) is 2.72. The minimum atomic E-state index is -0.439. The highest BCUT2D eigenvalue weighted by Gasteiger charge is 2.31. The zero-order chi connectivity index (χ0) is 14.3. The molecule has 5 heteroatoms. The molecule has 2 aromatic carbocycles.